The summed E-state index contributed by atoms with van der Waals surface area (Å²) in [4.78, 5) is 26.8. The predicted molar refractivity (Wildman–Crippen MR) is 117 cm³/mol. The predicted octanol–water partition coefficient (Wildman–Crippen LogP) is 1.44. The Morgan fingerprint density at radius 1 is 1.17 bits per heavy atom. The van der Waals surface area contributed by atoms with E-state index in [4.69, 9.17) is 0 Å². The van der Waals surface area contributed by atoms with Crippen LogP contribution >= 0.6 is 0 Å². The zero-order valence-electron chi connectivity index (χ0n) is 18.2. The topological polar surface area (TPSA) is 98.8 Å². The van der Waals surface area contributed by atoms with E-state index in [-0.39, 0.29) is 22.9 Å². The summed E-state index contributed by atoms with van der Waals surface area (Å²) in [6.45, 7) is 4.92. The third-order valence-electron chi connectivity index (χ3n) is 5.42. The molecule has 2 rings (SSSR count). The lowest BCUT2D eigenvalue weighted by Gasteiger charge is -2.33. The number of carbonyl (C=O) groups excluding carboxylic acids is 2. The van der Waals surface area contributed by atoms with Crippen LogP contribution in [0.2, 0.25) is 0 Å². The Hall–Kier alpha value is -1.97. The van der Waals surface area contributed by atoms with Gasteiger partial charge in [-0.15, -0.1) is 0 Å². The molecule has 0 saturated carbocycles. The minimum Gasteiger partial charge on any atom is -0.355 e. The van der Waals surface area contributed by atoms with Crippen LogP contribution in [-0.4, -0.2) is 75.8 Å². The van der Waals surface area contributed by atoms with E-state index in [2.05, 4.69) is 22.5 Å². The lowest BCUT2D eigenvalue weighted by atomic mass is 10.0. The lowest BCUT2D eigenvalue weighted by molar-refractivity contribution is -0.120. The Bertz CT molecular complexity index is 826. The first-order valence-corrected chi connectivity index (χ1v) is 12.0. The number of amides is 2. The highest BCUT2D eigenvalue weighted by Gasteiger charge is 2.19. The van der Waals surface area contributed by atoms with Gasteiger partial charge in [0.2, 0.25) is 15.9 Å². The van der Waals surface area contributed by atoms with Crippen molar-refractivity contribution in [3.05, 3.63) is 29.8 Å². The standard InChI is InChI=1S/C21H34N4O4S/c1-17-9-4-6-13-25(17)14-7-5-12-22-20(26)16-23-21(27)18-10-8-11-19(15-18)30(28,29)24(2)3/h8,10-11,15,17H,4-7,9,12-14,16H2,1-3H3,(H,22,26)(H,23,27). The molecule has 1 aliphatic heterocycles. The zero-order chi connectivity index (χ0) is 22.1. The Kier molecular flexibility index (Phi) is 9.26. The summed E-state index contributed by atoms with van der Waals surface area (Å²) in [5.74, 6) is -0.744. The number of nitrogens with zero attached hydrogens (tertiary/aromatic N) is 2. The number of unbranched alkanes of at least 4 members (excludes halogenated alkanes) is 1. The molecule has 1 saturated heterocycles. The van der Waals surface area contributed by atoms with E-state index < -0.39 is 15.9 Å². The average molecular weight is 439 g/mol. The molecular formula is C21H34N4O4S. The van der Waals surface area contributed by atoms with Crippen LogP contribution in [0.4, 0.5) is 0 Å². The highest BCUT2D eigenvalue weighted by Crippen LogP contribution is 2.17. The average Bonchev–Trinajstić information content (AvgIpc) is 2.73. The van der Waals surface area contributed by atoms with Crippen molar-refractivity contribution in [3.63, 3.8) is 0 Å². The maximum atomic E-state index is 12.3. The molecule has 1 atom stereocenters. The molecule has 1 fully saturated rings. The summed E-state index contributed by atoms with van der Waals surface area (Å²) in [6.07, 6.45) is 5.78. The minimum atomic E-state index is -3.62. The minimum absolute atomic E-state index is 0.0348. The normalized spacial score (nSPS) is 17.7. The number of carbonyl (C=O) groups is 2. The summed E-state index contributed by atoms with van der Waals surface area (Å²) >= 11 is 0. The molecule has 1 aliphatic rings. The SMILES string of the molecule is CC1CCCCN1CCCCNC(=O)CNC(=O)c1cccc(S(=O)(=O)N(C)C)c1. The van der Waals surface area contributed by atoms with Gasteiger partial charge in [0.25, 0.3) is 5.91 Å². The van der Waals surface area contributed by atoms with Gasteiger partial charge in [-0.1, -0.05) is 12.5 Å². The molecule has 168 valence electrons. The van der Waals surface area contributed by atoms with Crippen molar-refractivity contribution in [3.8, 4) is 0 Å². The van der Waals surface area contributed by atoms with Crippen LogP contribution in [0.1, 0.15) is 49.4 Å². The molecule has 2 amide bonds. The van der Waals surface area contributed by atoms with Crippen molar-refractivity contribution in [2.45, 2.75) is 50.0 Å². The van der Waals surface area contributed by atoms with Gasteiger partial charge in [-0.3, -0.25) is 9.59 Å². The van der Waals surface area contributed by atoms with Crippen molar-refractivity contribution in [2.75, 3.05) is 40.3 Å². The maximum Gasteiger partial charge on any atom is 0.251 e. The first-order valence-electron chi connectivity index (χ1n) is 10.5. The van der Waals surface area contributed by atoms with Gasteiger partial charge >= 0.3 is 0 Å². The zero-order valence-corrected chi connectivity index (χ0v) is 19.0. The van der Waals surface area contributed by atoms with Crippen LogP contribution in [0.25, 0.3) is 0 Å². The third kappa shape index (κ3) is 7.07. The number of likely N-dealkylation sites (tertiary alicyclic amines) is 1. The maximum absolute atomic E-state index is 12.3. The molecule has 0 aliphatic carbocycles. The highest BCUT2D eigenvalue weighted by molar-refractivity contribution is 7.89. The monoisotopic (exact) mass is 438 g/mol. The Labute approximate surface area is 180 Å². The molecule has 1 heterocycles. The summed E-state index contributed by atoms with van der Waals surface area (Å²) in [6, 6.07) is 6.42. The molecule has 0 aromatic heterocycles. The molecule has 0 bridgehead atoms. The summed E-state index contributed by atoms with van der Waals surface area (Å²) in [5, 5.41) is 5.35. The van der Waals surface area contributed by atoms with Crippen LogP contribution in [0.15, 0.2) is 29.2 Å². The largest absolute Gasteiger partial charge is 0.355 e. The van der Waals surface area contributed by atoms with Crippen molar-refractivity contribution >= 4 is 21.8 Å². The van der Waals surface area contributed by atoms with Crippen LogP contribution in [0.3, 0.4) is 0 Å². The fourth-order valence-corrected chi connectivity index (χ4v) is 4.44. The van der Waals surface area contributed by atoms with Gasteiger partial charge in [0.05, 0.1) is 11.4 Å². The van der Waals surface area contributed by atoms with E-state index in [0.29, 0.717) is 12.6 Å². The third-order valence-corrected chi connectivity index (χ3v) is 7.23. The van der Waals surface area contributed by atoms with E-state index in [1.54, 1.807) is 0 Å². The fourth-order valence-electron chi connectivity index (χ4n) is 3.49. The lowest BCUT2D eigenvalue weighted by Crippen LogP contribution is -2.39. The summed E-state index contributed by atoms with van der Waals surface area (Å²) in [5.41, 5.74) is 0.196. The quantitative estimate of drug-likeness (QED) is 0.539. The Morgan fingerprint density at radius 2 is 1.93 bits per heavy atom. The first kappa shape index (κ1) is 24.3. The highest BCUT2D eigenvalue weighted by atomic mass is 32.2. The smallest absolute Gasteiger partial charge is 0.251 e. The fraction of sp³-hybridized carbons (Fsp3) is 0.619. The van der Waals surface area contributed by atoms with Gasteiger partial charge in [-0.25, -0.2) is 12.7 Å². The molecule has 0 spiro atoms. The van der Waals surface area contributed by atoms with Crippen molar-refractivity contribution in [1.82, 2.24) is 19.8 Å². The van der Waals surface area contributed by atoms with Gasteiger partial charge in [-0.05, 0) is 63.9 Å². The number of rotatable bonds is 10. The number of nitrogens with one attached hydrogen (secondary N) is 2. The second-order valence-electron chi connectivity index (χ2n) is 7.94. The molecular weight excluding hydrogens is 404 g/mol. The molecule has 8 nitrogen and oxygen atoms in total. The molecule has 1 aromatic rings. The van der Waals surface area contributed by atoms with Gasteiger partial charge in [0.1, 0.15) is 0 Å². The van der Waals surface area contributed by atoms with Crippen molar-refractivity contribution in [2.24, 2.45) is 0 Å². The molecule has 0 radical (unpaired) electrons. The Morgan fingerprint density at radius 3 is 2.63 bits per heavy atom. The van der Waals surface area contributed by atoms with E-state index in [9.17, 15) is 18.0 Å². The van der Waals surface area contributed by atoms with E-state index in [0.717, 1.165) is 30.2 Å². The molecule has 2 N–H and O–H groups in total. The summed E-state index contributed by atoms with van der Waals surface area (Å²) in [7, 11) is -0.763. The van der Waals surface area contributed by atoms with Crippen LogP contribution < -0.4 is 10.6 Å². The first-order chi connectivity index (χ1) is 14.2. The molecule has 9 heteroatoms. The van der Waals surface area contributed by atoms with E-state index in [1.807, 2.05) is 0 Å². The van der Waals surface area contributed by atoms with Gasteiger partial charge < -0.3 is 15.5 Å². The van der Waals surface area contributed by atoms with Gasteiger partial charge in [0, 0.05) is 32.2 Å². The number of piperidine rings is 1. The van der Waals surface area contributed by atoms with Crippen LogP contribution in [-0.2, 0) is 14.8 Å². The number of hydrogen-bond acceptors (Lipinski definition) is 5. The number of benzene rings is 1. The number of sulfonamides is 1. The van der Waals surface area contributed by atoms with E-state index >= 15 is 0 Å². The second-order valence-corrected chi connectivity index (χ2v) is 10.1. The van der Waals surface area contributed by atoms with E-state index in [1.165, 1.54) is 57.6 Å². The van der Waals surface area contributed by atoms with Gasteiger partial charge in [-0.2, -0.15) is 0 Å². The van der Waals surface area contributed by atoms with Crippen LogP contribution in [0, 0.1) is 0 Å². The summed E-state index contributed by atoms with van der Waals surface area (Å²) < 4.78 is 25.5. The number of hydrogen-bond donors (Lipinski definition) is 2. The van der Waals surface area contributed by atoms with Crippen molar-refractivity contribution in [1.29, 1.82) is 0 Å². The molecule has 30 heavy (non-hydrogen) atoms. The molecule has 1 unspecified atom stereocenters. The van der Waals surface area contributed by atoms with Crippen molar-refractivity contribution < 1.29 is 18.0 Å². The Balaban J connectivity index is 1.70. The molecule has 1 aromatic carbocycles. The van der Waals surface area contributed by atoms with Crippen LogP contribution in [0.5, 0.6) is 0 Å². The van der Waals surface area contributed by atoms with Gasteiger partial charge in [0.15, 0.2) is 0 Å². The second kappa shape index (κ2) is 11.4.